The van der Waals surface area contributed by atoms with Gasteiger partial charge in [0.1, 0.15) is 5.75 Å². The SMILES string of the molecule is CCOc1ccccc1C(CC(=O)NCCc1ccc(C(=O)O)cc1)NC(C)=O. The monoisotopic (exact) mass is 398 g/mol. The Hall–Kier alpha value is -3.35. The molecule has 2 rings (SSSR count). The van der Waals surface area contributed by atoms with Crippen molar-refractivity contribution in [3.05, 3.63) is 65.2 Å². The molecule has 3 N–H and O–H groups in total. The molecule has 0 spiro atoms. The van der Waals surface area contributed by atoms with Crippen molar-refractivity contribution in [2.45, 2.75) is 32.7 Å². The zero-order valence-corrected chi connectivity index (χ0v) is 16.6. The van der Waals surface area contributed by atoms with Gasteiger partial charge in [-0.1, -0.05) is 30.3 Å². The Morgan fingerprint density at radius 1 is 1.07 bits per heavy atom. The molecular formula is C22H26N2O5. The molecule has 0 saturated carbocycles. The van der Waals surface area contributed by atoms with Gasteiger partial charge < -0.3 is 20.5 Å². The van der Waals surface area contributed by atoms with Gasteiger partial charge in [-0.3, -0.25) is 9.59 Å². The Bertz CT molecular complexity index is 849. The Morgan fingerprint density at radius 3 is 2.38 bits per heavy atom. The quantitative estimate of drug-likeness (QED) is 0.571. The van der Waals surface area contributed by atoms with Crippen LogP contribution in [0.25, 0.3) is 0 Å². The lowest BCUT2D eigenvalue weighted by atomic mass is 10.0. The maximum atomic E-state index is 12.4. The van der Waals surface area contributed by atoms with Crippen LogP contribution in [0, 0.1) is 0 Å². The molecule has 0 radical (unpaired) electrons. The van der Waals surface area contributed by atoms with E-state index in [1.54, 1.807) is 12.1 Å². The number of carboxylic acid groups (broad SMARTS) is 1. The summed E-state index contributed by atoms with van der Waals surface area (Å²) in [6.45, 7) is 4.18. The lowest BCUT2D eigenvalue weighted by molar-refractivity contribution is -0.122. The molecule has 0 bridgehead atoms. The number of rotatable bonds is 10. The van der Waals surface area contributed by atoms with Crippen LogP contribution in [0.1, 0.15) is 47.8 Å². The standard InChI is InChI=1S/C22H26N2O5/c1-3-29-20-7-5-4-6-18(20)19(24-15(2)25)14-21(26)23-13-12-16-8-10-17(11-9-16)22(27)28/h4-11,19H,3,12-14H2,1-2H3,(H,23,26)(H,24,25)(H,27,28). The Labute approximate surface area is 170 Å². The summed E-state index contributed by atoms with van der Waals surface area (Å²) in [4.78, 5) is 34.9. The maximum Gasteiger partial charge on any atom is 0.335 e. The van der Waals surface area contributed by atoms with Gasteiger partial charge in [-0.2, -0.15) is 0 Å². The number of amides is 2. The zero-order chi connectivity index (χ0) is 21.2. The number of benzene rings is 2. The number of hydrogen-bond acceptors (Lipinski definition) is 4. The highest BCUT2D eigenvalue weighted by Gasteiger charge is 2.20. The second kappa shape index (κ2) is 10.8. The van der Waals surface area contributed by atoms with Crippen molar-refractivity contribution in [2.24, 2.45) is 0 Å². The molecule has 7 nitrogen and oxygen atoms in total. The Kier molecular flexibility index (Phi) is 8.21. The molecule has 154 valence electrons. The van der Waals surface area contributed by atoms with Gasteiger partial charge in [-0.25, -0.2) is 4.79 Å². The van der Waals surface area contributed by atoms with Gasteiger partial charge in [0, 0.05) is 19.0 Å². The minimum atomic E-state index is -0.971. The minimum absolute atomic E-state index is 0.0849. The van der Waals surface area contributed by atoms with Gasteiger partial charge in [0.15, 0.2) is 0 Å². The summed E-state index contributed by atoms with van der Waals surface area (Å²) in [6.07, 6.45) is 0.660. The van der Waals surface area contributed by atoms with E-state index < -0.39 is 12.0 Å². The fourth-order valence-corrected chi connectivity index (χ4v) is 2.96. The summed E-state index contributed by atoms with van der Waals surface area (Å²) >= 11 is 0. The van der Waals surface area contributed by atoms with Crippen LogP contribution in [0.5, 0.6) is 5.75 Å². The molecule has 0 aliphatic heterocycles. The number of nitrogens with one attached hydrogen (secondary N) is 2. The highest BCUT2D eigenvalue weighted by atomic mass is 16.5. The predicted octanol–water partition coefficient (Wildman–Crippen LogP) is 2.71. The van der Waals surface area contributed by atoms with Crippen LogP contribution in [0.2, 0.25) is 0 Å². The van der Waals surface area contributed by atoms with Crippen molar-refractivity contribution in [3.63, 3.8) is 0 Å². The van der Waals surface area contributed by atoms with Gasteiger partial charge >= 0.3 is 5.97 Å². The minimum Gasteiger partial charge on any atom is -0.494 e. The molecule has 0 aliphatic carbocycles. The highest BCUT2D eigenvalue weighted by Crippen LogP contribution is 2.27. The van der Waals surface area contributed by atoms with Crippen LogP contribution in [-0.2, 0) is 16.0 Å². The second-order valence-corrected chi connectivity index (χ2v) is 6.53. The van der Waals surface area contributed by atoms with Crippen molar-refractivity contribution in [3.8, 4) is 5.75 Å². The molecule has 0 fully saturated rings. The fraction of sp³-hybridized carbons (Fsp3) is 0.318. The van der Waals surface area contributed by atoms with E-state index >= 15 is 0 Å². The Morgan fingerprint density at radius 2 is 1.76 bits per heavy atom. The van der Waals surface area contributed by atoms with E-state index in [1.807, 2.05) is 31.2 Å². The summed E-state index contributed by atoms with van der Waals surface area (Å²) in [5.74, 6) is -0.758. The summed E-state index contributed by atoms with van der Waals surface area (Å²) in [6, 6.07) is 13.4. The van der Waals surface area contributed by atoms with Gasteiger partial charge in [0.2, 0.25) is 11.8 Å². The van der Waals surface area contributed by atoms with Crippen LogP contribution in [0.3, 0.4) is 0 Å². The van der Waals surface area contributed by atoms with Gasteiger partial charge in [-0.15, -0.1) is 0 Å². The number of hydrogen-bond donors (Lipinski definition) is 3. The molecule has 2 aromatic rings. The number of carbonyl (C=O) groups excluding carboxylic acids is 2. The number of carboxylic acids is 1. The van der Waals surface area contributed by atoms with Crippen molar-refractivity contribution in [1.82, 2.24) is 10.6 Å². The van der Waals surface area contributed by atoms with Crippen LogP contribution in [-0.4, -0.2) is 36.0 Å². The van der Waals surface area contributed by atoms with Crippen LogP contribution >= 0.6 is 0 Å². The molecule has 0 aliphatic rings. The molecule has 0 saturated heterocycles. The van der Waals surface area contributed by atoms with Crippen molar-refractivity contribution in [1.29, 1.82) is 0 Å². The first-order valence-corrected chi connectivity index (χ1v) is 9.48. The van der Waals surface area contributed by atoms with Gasteiger partial charge in [-0.05, 0) is 37.1 Å². The average molecular weight is 398 g/mol. The van der Waals surface area contributed by atoms with E-state index in [2.05, 4.69) is 10.6 Å². The largest absolute Gasteiger partial charge is 0.494 e. The summed E-state index contributed by atoms with van der Waals surface area (Å²) < 4.78 is 5.62. The van der Waals surface area contributed by atoms with Crippen molar-refractivity contribution < 1.29 is 24.2 Å². The first-order valence-electron chi connectivity index (χ1n) is 9.48. The van der Waals surface area contributed by atoms with E-state index in [0.717, 1.165) is 11.1 Å². The topological polar surface area (TPSA) is 105 Å². The molecule has 29 heavy (non-hydrogen) atoms. The normalized spacial score (nSPS) is 11.4. The number of carbonyl (C=O) groups is 3. The van der Waals surface area contributed by atoms with E-state index in [-0.39, 0.29) is 23.8 Å². The van der Waals surface area contributed by atoms with E-state index in [0.29, 0.717) is 25.3 Å². The first kappa shape index (κ1) is 21.9. The van der Waals surface area contributed by atoms with Crippen LogP contribution < -0.4 is 15.4 Å². The highest BCUT2D eigenvalue weighted by molar-refractivity contribution is 5.87. The number of aromatic carboxylic acids is 1. The molecule has 2 amide bonds. The third kappa shape index (κ3) is 6.95. The average Bonchev–Trinajstić information content (AvgIpc) is 2.68. The molecule has 0 aromatic heterocycles. The third-order valence-electron chi connectivity index (χ3n) is 4.30. The van der Waals surface area contributed by atoms with Crippen LogP contribution in [0.15, 0.2) is 48.5 Å². The zero-order valence-electron chi connectivity index (χ0n) is 16.6. The lowest BCUT2D eigenvalue weighted by Crippen LogP contribution is -2.33. The third-order valence-corrected chi connectivity index (χ3v) is 4.30. The fourth-order valence-electron chi connectivity index (χ4n) is 2.96. The Balaban J connectivity index is 1.96. The summed E-state index contributed by atoms with van der Waals surface area (Å²) in [5.41, 5.74) is 1.91. The molecule has 7 heteroatoms. The number of ether oxygens (including phenoxy) is 1. The van der Waals surface area contributed by atoms with Crippen molar-refractivity contribution in [2.75, 3.05) is 13.2 Å². The van der Waals surface area contributed by atoms with E-state index in [1.165, 1.54) is 19.1 Å². The molecule has 0 heterocycles. The lowest BCUT2D eigenvalue weighted by Gasteiger charge is -2.21. The maximum absolute atomic E-state index is 12.4. The molecule has 2 aromatic carbocycles. The molecule has 1 unspecified atom stereocenters. The predicted molar refractivity (Wildman–Crippen MR) is 109 cm³/mol. The summed E-state index contributed by atoms with van der Waals surface area (Å²) in [5, 5.41) is 14.6. The molecule has 1 atom stereocenters. The smallest absolute Gasteiger partial charge is 0.335 e. The van der Waals surface area contributed by atoms with Gasteiger partial charge in [0.25, 0.3) is 0 Å². The van der Waals surface area contributed by atoms with E-state index in [9.17, 15) is 14.4 Å². The first-order chi connectivity index (χ1) is 13.9. The number of para-hydroxylation sites is 1. The van der Waals surface area contributed by atoms with Crippen molar-refractivity contribution >= 4 is 17.8 Å². The van der Waals surface area contributed by atoms with Gasteiger partial charge in [0.05, 0.1) is 24.6 Å². The van der Waals surface area contributed by atoms with Crippen LogP contribution in [0.4, 0.5) is 0 Å². The van der Waals surface area contributed by atoms with E-state index in [4.69, 9.17) is 9.84 Å². The summed E-state index contributed by atoms with van der Waals surface area (Å²) in [7, 11) is 0. The second-order valence-electron chi connectivity index (χ2n) is 6.53. The molecular weight excluding hydrogens is 372 g/mol.